The second-order valence-corrected chi connectivity index (χ2v) is 6.18. The van der Waals surface area contributed by atoms with E-state index in [2.05, 4.69) is 27.8 Å². The van der Waals surface area contributed by atoms with Crippen LogP contribution in [-0.2, 0) is 6.54 Å². The molecule has 2 aromatic rings. The quantitative estimate of drug-likeness (QED) is 0.312. The Morgan fingerprint density at radius 3 is 2.67 bits per heavy atom. The average Bonchev–Trinajstić information content (AvgIpc) is 2.63. The van der Waals surface area contributed by atoms with Crippen LogP contribution < -0.4 is 15.4 Å². The Bertz CT molecular complexity index is 663. The molecule has 2 aromatic carbocycles. The summed E-state index contributed by atoms with van der Waals surface area (Å²) in [4.78, 5) is 5.45. The number of aliphatic imine (C=N–C) groups is 1. The second kappa shape index (κ2) is 9.72. The van der Waals surface area contributed by atoms with Crippen molar-refractivity contribution in [3.63, 3.8) is 0 Å². The lowest BCUT2D eigenvalue weighted by molar-refractivity contribution is 0.410. The van der Waals surface area contributed by atoms with Gasteiger partial charge >= 0.3 is 0 Å². The summed E-state index contributed by atoms with van der Waals surface area (Å²) in [6, 6.07) is 15.5. The van der Waals surface area contributed by atoms with E-state index in [1.807, 2.05) is 18.2 Å². The van der Waals surface area contributed by atoms with Crippen LogP contribution >= 0.6 is 11.8 Å². The summed E-state index contributed by atoms with van der Waals surface area (Å²) >= 11 is 1.79. The maximum Gasteiger partial charge on any atom is 0.191 e. The van der Waals surface area contributed by atoms with Crippen LogP contribution in [0.15, 0.2) is 58.4 Å². The maximum absolute atomic E-state index is 9.90. The molecule has 5 nitrogen and oxygen atoms in total. The van der Waals surface area contributed by atoms with Crippen molar-refractivity contribution in [2.45, 2.75) is 11.4 Å². The molecule has 0 radical (unpaired) electrons. The molecule has 0 amide bonds. The van der Waals surface area contributed by atoms with Crippen molar-refractivity contribution in [2.24, 2.45) is 4.99 Å². The molecule has 0 aliphatic heterocycles. The smallest absolute Gasteiger partial charge is 0.191 e. The Hall–Kier alpha value is -2.34. The number of phenolic OH excluding ortho intramolecular Hbond substituents is 1. The Balaban J connectivity index is 1.76. The molecule has 0 saturated heterocycles. The second-order valence-electron chi connectivity index (χ2n) is 5.01. The van der Waals surface area contributed by atoms with Crippen molar-refractivity contribution in [1.29, 1.82) is 0 Å². The first kappa shape index (κ1) is 18.0. The van der Waals surface area contributed by atoms with Crippen molar-refractivity contribution in [3.05, 3.63) is 54.1 Å². The number of hydrogen-bond acceptors (Lipinski definition) is 4. The number of benzene rings is 2. The Morgan fingerprint density at radius 1 is 1.17 bits per heavy atom. The van der Waals surface area contributed by atoms with Gasteiger partial charge in [0, 0.05) is 36.3 Å². The van der Waals surface area contributed by atoms with Crippen molar-refractivity contribution in [2.75, 3.05) is 26.5 Å². The third-order valence-electron chi connectivity index (χ3n) is 3.36. The molecule has 0 saturated carbocycles. The Labute approximate surface area is 147 Å². The van der Waals surface area contributed by atoms with Gasteiger partial charge < -0.3 is 20.5 Å². The van der Waals surface area contributed by atoms with E-state index in [1.54, 1.807) is 44.1 Å². The van der Waals surface area contributed by atoms with Gasteiger partial charge in [-0.3, -0.25) is 4.99 Å². The van der Waals surface area contributed by atoms with Gasteiger partial charge in [0.25, 0.3) is 0 Å². The molecule has 0 spiro atoms. The molecule has 6 heteroatoms. The number of aromatic hydroxyl groups is 1. The molecule has 0 fully saturated rings. The first-order chi connectivity index (χ1) is 11.7. The first-order valence-electron chi connectivity index (χ1n) is 7.71. The topological polar surface area (TPSA) is 65.9 Å². The molecule has 0 unspecified atom stereocenters. The number of nitrogens with zero attached hydrogens (tertiary/aromatic N) is 1. The van der Waals surface area contributed by atoms with Crippen molar-refractivity contribution >= 4 is 17.7 Å². The summed E-state index contributed by atoms with van der Waals surface area (Å²) in [5.74, 6) is 2.59. The Kier molecular flexibility index (Phi) is 7.29. The molecule has 0 atom stereocenters. The van der Waals surface area contributed by atoms with Crippen molar-refractivity contribution < 1.29 is 9.84 Å². The standard InChI is InChI=1S/C18H23N3O2S/c1-19-18(20-10-11-24-16-6-4-3-5-7-16)21-13-14-12-15(23-2)8-9-17(14)22/h3-9,12,22H,10-11,13H2,1-2H3,(H2,19,20,21). The molecule has 24 heavy (non-hydrogen) atoms. The summed E-state index contributed by atoms with van der Waals surface area (Å²) in [5, 5.41) is 16.4. The van der Waals surface area contributed by atoms with Gasteiger partial charge in [0.15, 0.2) is 5.96 Å². The van der Waals surface area contributed by atoms with Crippen LogP contribution in [0.3, 0.4) is 0 Å². The highest BCUT2D eigenvalue weighted by molar-refractivity contribution is 7.99. The number of hydrogen-bond donors (Lipinski definition) is 3. The highest BCUT2D eigenvalue weighted by atomic mass is 32.2. The first-order valence-corrected chi connectivity index (χ1v) is 8.69. The van der Waals surface area contributed by atoms with Crippen molar-refractivity contribution in [1.82, 2.24) is 10.6 Å². The van der Waals surface area contributed by atoms with E-state index in [9.17, 15) is 5.11 Å². The van der Waals surface area contributed by atoms with E-state index in [0.29, 0.717) is 18.3 Å². The molecule has 0 aromatic heterocycles. The summed E-state index contributed by atoms with van der Waals surface area (Å²) in [7, 11) is 3.33. The van der Waals surface area contributed by atoms with Gasteiger partial charge in [0.1, 0.15) is 11.5 Å². The highest BCUT2D eigenvalue weighted by Crippen LogP contribution is 2.22. The van der Waals surface area contributed by atoms with Crippen molar-refractivity contribution in [3.8, 4) is 11.5 Å². The zero-order chi connectivity index (χ0) is 17.2. The maximum atomic E-state index is 9.90. The monoisotopic (exact) mass is 345 g/mol. The third-order valence-corrected chi connectivity index (χ3v) is 4.38. The molecule has 3 N–H and O–H groups in total. The number of ether oxygens (including phenoxy) is 1. The zero-order valence-electron chi connectivity index (χ0n) is 14.0. The fraction of sp³-hybridized carbons (Fsp3) is 0.278. The van der Waals surface area contributed by atoms with Gasteiger partial charge in [-0.05, 0) is 30.3 Å². The van der Waals surface area contributed by atoms with E-state index in [4.69, 9.17) is 4.74 Å². The molecular weight excluding hydrogens is 322 g/mol. The number of phenols is 1. The van der Waals surface area contributed by atoms with Gasteiger partial charge in [-0.2, -0.15) is 0 Å². The number of rotatable bonds is 7. The molecule has 0 aliphatic carbocycles. The lowest BCUT2D eigenvalue weighted by atomic mass is 10.2. The molecule has 0 aliphatic rings. The lowest BCUT2D eigenvalue weighted by Gasteiger charge is -2.13. The van der Waals surface area contributed by atoms with Crippen LogP contribution in [0.25, 0.3) is 0 Å². The number of guanidine groups is 1. The number of methoxy groups -OCH3 is 1. The van der Waals surface area contributed by atoms with E-state index < -0.39 is 0 Å². The summed E-state index contributed by atoms with van der Waals surface area (Å²) in [6.07, 6.45) is 0. The van der Waals surface area contributed by atoms with Crippen LogP contribution in [0.5, 0.6) is 11.5 Å². The van der Waals surface area contributed by atoms with Crippen LogP contribution in [0.4, 0.5) is 0 Å². The average molecular weight is 345 g/mol. The van der Waals surface area contributed by atoms with E-state index in [0.717, 1.165) is 17.9 Å². The minimum Gasteiger partial charge on any atom is -0.508 e. The highest BCUT2D eigenvalue weighted by Gasteiger charge is 2.05. The Morgan fingerprint density at radius 2 is 1.96 bits per heavy atom. The summed E-state index contributed by atoms with van der Waals surface area (Å²) < 4.78 is 5.18. The van der Waals surface area contributed by atoms with E-state index in [1.165, 1.54) is 4.90 Å². The predicted octanol–water partition coefficient (Wildman–Crippen LogP) is 2.86. The minimum absolute atomic E-state index is 0.235. The van der Waals surface area contributed by atoms with Crippen LogP contribution in [0, 0.1) is 0 Å². The van der Waals surface area contributed by atoms with Gasteiger partial charge in [0.05, 0.1) is 7.11 Å². The largest absolute Gasteiger partial charge is 0.508 e. The summed E-state index contributed by atoms with van der Waals surface area (Å²) in [6.45, 7) is 1.26. The van der Waals surface area contributed by atoms with Gasteiger partial charge in [-0.1, -0.05) is 18.2 Å². The fourth-order valence-electron chi connectivity index (χ4n) is 2.09. The van der Waals surface area contributed by atoms with E-state index in [-0.39, 0.29) is 5.75 Å². The van der Waals surface area contributed by atoms with Gasteiger partial charge in [-0.15, -0.1) is 11.8 Å². The van der Waals surface area contributed by atoms with Crippen LogP contribution in [0.2, 0.25) is 0 Å². The van der Waals surface area contributed by atoms with E-state index >= 15 is 0 Å². The van der Waals surface area contributed by atoms with Gasteiger partial charge in [0.2, 0.25) is 0 Å². The summed E-state index contributed by atoms with van der Waals surface area (Å²) in [5.41, 5.74) is 0.760. The molecule has 128 valence electrons. The normalized spacial score (nSPS) is 11.2. The molecule has 0 heterocycles. The molecule has 2 rings (SSSR count). The number of thioether (sulfide) groups is 1. The van der Waals surface area contributed by atoms with Gasteiger partial charge in [-0.25, -0.2) is 0 Å². The van der Waals surface area contributed by atoms with Crippen LogP contribution in [0.1, 0.15) is 5.56 Å². The molecule has 0 bridgehead atoms. The lowest BCUT2D eigenvalue weighted by Crippen LogP contribution is -2.37. The molecular formula is C18H23N3O2S. The zero-order valence-corrected chi connectivity index (χ0v) is 14.8. The SMILES string of the molecule is CN=C(NCCSc1ccccc1)NCc1cc(OC)ccc1O. The fourth-order valence-corrected chi connectivity index (χ4v) is 2.87. The predicted molar refractivity (Wildman–Crippen MR) is 100 cm³/mol. The van der Waals surface area contributed by atoms with Crippen LogP contribution in [-0.4, -0.2) is 37.5 Å². The number of nitrogens with one attached hydrogen (secondary N) is 2. The third kappa shape index (κ3) is 5.70. The minimum atomic E-state index is 0.235.